The number of rotatable bonds is 7. The summed E-state index contributed by atoms with van der Waals surface area (Å²) in [7, 11) is -3.54. The Morgan fingerprint density at radius 2 is 2.06 bits per heavy atom. The zero-order valence-electron chi connectivity index (χ0n) is 17.3. The van der Waals surface area contributed by atoms with E-state index in [1.165, 1.54) is 48.4 Å². The Bertz CT molecular complexity index is 1140. The molecule has 0 aliphatic carbocycles. The molecule has 1 amide bonds. The fourth-order valence-corrected chi connectivity index (χ4v) is 5.70. The lowest BCUT2D eigenvalue weighted by Gasteiger charge is -2.30. The lowest BCUT2D eigenvalue weighted by Crippen LogP contribution is -2.33. The predicted molar refractivity (Wildman–Crippen MR) is 120 cm³/mol. The highest BCUT2D eigenvalue weighted by molar-refractivity contribution is 7.90. The number of nitrogens with one attached hydrogen (secondary N) is 1. The standard InChI is InChI=1S/C22H25N3O4S2/c1-16-6-5-11-25(12-16)13-17-14-30-22(23-17)24-21(26)20-10-9-18(29-20)15-31(27,28)19-7-3-2-4-8-19/h2-4,7-10,14,16H,5-6,11-13,15H2,1H3,(H,23,24,26)/t16-/m0/s1. The summed E-state index contributed by atoms with van der Waals surface area (Å²) in [5, 5.41) is 5.19. The summed E-state index contributed by atoms with van der Waals surface area (Å²) >= 11 is 1.37. The van der Waals surface area contributed by atoms with E-state index in [2.05, 4.69) is 22.1 Å². The third-order valence-electron chi connectivity index (χ3n) is 5.22. The highest BCUT2D eigenvalue weighted by atomic mass is 32.2. The second-order valence-corrected chi connectivity index (χ2v) is 10.8. The maximum Gasteiger partial charge on any atom is 0.293 e. The minimum atomic E-state index is -3.54. The first-order valence-electron chi connectivity index (χ1n) is 10.2. The topological polar surface area (TPSA) is 92.5 Å². The van der Waals surface area contributed by atoms with Crippen molar-refractivity contribution in [2.45, 2.75) is 37.0 Å². The van der Waals surface area contributed by atoms with Crippen molar-refractivity contribution in [2.24, 2.45) is 5.92 Å². The maximum absolute atomic E-state index is 12.5. The van der Waals surface area contributed by atoms with Gasteiger partial charge in [-0.05, 0) is 49.6 Å². The number of furan rings is 1. The normalized spacial score (nSPS) is 17.5. The highest BCUT2D eigenvalue weighted by Crippen LogP contribution is 2.22. The fraction of sp³-hybridized carbons (Fsp3) is 0.364. The lowest BCUT2D eigenvalue weighted by molar-refractivity contribution is 0.0995. The molecule has 2 aromatic heterocycles. The largest absolute Gasteiger partial charge is 0.455 e. The summed E-state index contributed by atoms with van der Waals surface area (Å²) in [4.78, 5) is 19.6. The average Bonchev–Trinajstić information content (AvgIpc) is 3.38. The number of aromatic nitrogens is 1. The number of likely N-dealkylation sites (tertiary alicyclic amines) is 1. The van der Waals surface area contributed by atoms with E-state index in [0.29, 0.717) is 11.0 Å². The first kappa shape index (κ1) is 21.7. The van der Waals surface area contributed by atoms with Crippen molar-refractivity contribution in [3.63, 3.8) is 0 Å². The Balaban J connectivity index is 1.36. The molecule has 1 N–H and O–H groups in total. The van der Waals surface area contributed by atoms with Crippen LogP contribution in [-0.4, -0.2) is 37.3 Å². The summed E-state index contributed by atoms with van der Waals surface area (Å²) < 4.78 is 30.5. The zero-order valence-corrected chi connectivity index (χ0v) is 18.9. The van der Waals surface area contributed by atoms with Crippen LogP contribution < -0.4 is 5.32 Å². The van der Waals surface area contributed by atoms with Gasteiger partial charge in [-0.15, -0.1) is 11.3 Å². The van der Waals surface area contributed by atoms with E-state index in [1.54, 1.807) is 18.2 Å². The van der Waals surface area contributed by atoms with Gasteiger partial charge in [0.25, 0.3) is 5.91 Å². The van der Waals surface area contributed by atoms with Crippen LogP contribution in [0.1, 0.15) is 41.8 Å². The van der Waals surface area contributed by atoms with Crippen molar-refractivity contribution in [1.82, 2.24) is 9.88 Å². The molecular weight excluding hydrogens is 434 g/mol. The second kappa shape index (κ2) is 9.33. The Labute approximate surface area is 186 Å². The summed E-state index contributed by atoms with van der Waals surface area (Å²) in [6, 6.07) is 11.2. The van der Waals surface area contributed by atoms with E-state index < -0.39 is 15.7 Å². The first-order chi connectivity index (χ1) is 14.9. The number of sulfone groups is 1. The van der Waals surface area contributed by atoms with Gasteiger partial charge in [0.1, 0.15) is 11.5 Å². The van der Waals surface area contributed by atoms with Crippen LogP contribution in [0.3, 0.4) is 0 Å². The third-order valence-corrected chi connectivity index (χ3v) is 7.68. The Kier molecular flexibility index (Phi) is 6.54. The first-order valence-corrected chi connectivity index (χ1v) is 12.8. The molecule has 3 heterocycles. The van der Waals surface area contributed by atoms with Crippen LogP contribution in [0.5, 0.6) is 0 Å². The molecule has 0 spiro atoms. The van der Waals surface area contributed by atoms with E-state index in [1.807, 2.05) is 5.38 Å². The van der Waals surface area contributed by atoms with Gasteiger partial charge in [0.15, 0.2) is 20.7 Å². The summed E-state index contributed by atoms with van der Waals surface area (Å²) in [6.45, 7) is 5.19. The third kappa shape index (κ3) is 5.61. The van der Waals surface area contributed by atoms with Crippen LogP contribution in [0.15, 0.2) is 57.2 Å². The molecule has 1 aliphatic heterocycles. The number of nitrogens with zero attached hydrogens (tertiary/aromatic N) is 2. The molecule has 0 radical (unpaired) electrons. The maximum atomic E-state index is 12.5. The Morgan fingerprint density at radius 3 is 2.84 bits per heavy atom. The van der Waals surface area contributed by atoms with E-state index >= 15 is 0 Å². The van der Waals surface area contributed by atoms with Gasteiger partial charge in [-0.25, -0.2) is 13.4 Å². The van der Waals surface area contributed by atoms with Gasteiger partial charge in [0, 0.05) is 18.5 Å². The van der Waals surface area contributed by atoms with Crippen LogP contribution in [-0.2, 0) is 22.1 Å². The molecule has 31 heavy (non-hydrogen) atoms. The molecule has 164 valence electrons. The summed E-state index contributed by atoms with van der Waals surface area (Å²) in [6.07, 6.45) is 2.47. The number of carbonyl (C=O) groups is 1. The molecule has 7 nitrogen and oxygen atoms in total. The molecule has 0 unspecified atom stereocenters. The monoisotopic (exact) mass is 459 g/mol. The molecule has 1 aliphatic rings. The van der Waals surface area contributed by atoms with Crippen LogP contribution in [0.2, 0.25) is 0 Å². The van der Waals surface area contributed by atoms with E-state index in [4.69, 9.17) is 4.42 Å². The molecule has 3 aromatic rings. The molecule has 0 bridgehead atoms. The van der Waals surface area contributed by atoms with Crippen molar-refractivity contribution >= 4 is 32.2 Å². The van der Waals surface area contributed by atoms with Gasteiger partial charge in [0.2, 0.25) is 0 Å². The molecule has 0 saturated carbocycles. The number of anilines is 1. The van der Waals surface area contributed by atoms with Crippen molar-refractivity contribution < 1.29 is 17.6 Å². The van der Waals surface area contributed by atoms with Gasteiger partial charge < -0.3 is 4.42 Å². The fourth-order valence-electron chi connectivity index (χ4n) is 3.73. The van der Waals surface area contributed by atoms with Crippen molar-refractivity contribution in [3.8, 4) is 0 Å². The predicted octanol–water partition coefficient (Wildman–Crippen LogP) is 4.19. The van der Waals surface area contributed by atoms with Crippen LogP contribution in [0.4, 0.5) is 5.13 Å². The molecule has 1 aromatic carbocycles. The van der Waals surface area contributed by atoms with E-state index in [-0.39, 0.29) is 22.2 Å². The minimum absolute atomic E-state index is 0.0554. The number of piperidine rings is 1. The van der Waals surface area contributed by atoms with E-state index in [0.717, 1.165) is 25.3 Å². The number of benzene rings is 1. The van der Waals surface area contributed by atoms with Crippen molar-refractivity contribution in [3.05, 3.63) is 65.1 Å². The number of carbonyl (C=O) groups excluding carboxylic acids is 1. The van der Waals surface area contributed by atoms with Gasteiger partial charge in [0.05, 0.1) is 10.6 Å². The van der Waals surface area contributed by atoms with Gasteiger partial charge >= 0.3 is 0 Å². The molecule has 1 atom stereocenters. The smallest absolute Gasteiger partial charge is 0.293 e. The highest BCUT2D eigenvalue weighted by Gasteiger charge is 2.20. The Morgan fingerprint density at radius 1 is 1.26 bits per heavy atom. The number of amides is 1. The molecule has 1 fully saturated rings. The van der Waals surface area contributed by atoms with Crippen molar-refractivity contribution in [1.29, 1.82) is 0 Å². The van der Waals surface area contributed by atoms with Crippen LogP contribution >= 0.6 is 11.3 Å². The second-order valence-electron chi connectivity index (χ2n) is 7.92. The lowest BCUT2D eigenvalue weighted by atomic mass is 10.0. The zero-order chi connectivity index (χ0) is 21.8. The molecule has 4 rings (SSSR count). The van der Waals surface area contributed by atoms with Crippen LogP contribution in [0.25, 0.3) is 0 Å². The quantitative estimate of drug-likeness (QED) is 0.569. The van der Waals surface area contributed by atoms with Crippen molar-refractivity contribution in [2.75, 3.05) is 18.4 Å². The summed E-state index contributed by atoms with van der Waals surface area (Å²) in [5.41, 5.74) is 0.934. The van der Waals surface area contributed by atoms with Gasteiger partial charge in [-0.2, -0.15) is 0 Å². The number of hydrogen-bond acceptors (Lipinski definition) is 7. The van der Waals surface area contributed by atoms with E-state index in [9.17, 15) is 13.2 Å². The van der Waals surface area contributed by atoms with Gasteiger partial charge in [-0.3, -0.25) is 15.0 Å². The number of hydrogen-bond donors (Lipinski definition) is 1. The minimum Gasteiger partial charge on any atom is -0.455 e. The van der Waals surface area contributed by atoms with Crippen LogP contribution in [0, 0.1) is 5.92 Å². The number of thiazole rings is 1. The molecule has 1 saturated heterocycles. The summed E-state index contributed by atoms with van der Waals surface area (Å²) in [5.74, 6) is 0.217. The molecular formula is C22H25N3O4S2. The average molecular weight is 460 g/mol. The van der Waals surface area contributed by atoms with Gasteiger partial charge in [-0.1, -0.05) is 25.1 Å². The Hall–Kier alpha value is -2.49. The molecule has 9 heteroatoms. The SMILES string of the molecule is C[C@H]1CCCN(Cc2csc(NC(=O)c3ccc(CS(=O)(=O)c4ccccc4)o3)n2)C1.